The molecule has 0 spiro atoms. The van der Waals surface area contributed by atoms with E-state index in [1.807, 2.05) is 30.3 Å². The molecule has 0 amide bonds. The van der Waals surface area contributed by atoms with Crippen molar-refractivity contribution < 1.29 is 4.21 Å². The summed E-state index contributed by atoms with van der Waals surface area (Å²) in [6.45, 7) is 0. The molecule has 3 aromatic rings. The van der Waals surface area contributed by atoms with Crippen LogP contribution in [-0.2, 0) is 23.6 Å². The smallest absolute Gasteiger partial charge is 0.126 e. The first kappa shape index (κ1) is 13.9. The van der Waals surface area contributed by atoms with E-state index in [0.717, 1.165) is 32.2 Å². The highest BCUT2D eigenvalue weighted by Gasteiger charge is 2.20. The Balaban J connectivity index is 1.85. The van der Waals surface area contributed by atoms with Crippen molar-refractivity contribution in [1.82, 2.24) is 4.98 Å². The van der Waals surface area contributed by atoms with Crippen LogP contribution in [0.3, 0.4) is 0 Å². The number of fused-ring (bicyclic) bond motifs is 2. The Morgan fingerprint density at radius 1 is 1.14 bits per heavy atom. The average Bonchev–Trinajstić information content (AvgIpc) is 2.89. The standard InChI is InChI=1S/C17H16N2OS2/c18-15-13-10-11-6-4-5-9-14(11)19-16(13)21-17(15)22(20)12-7-2-1-3-8-12/h1-3,7-8,10H,4-6,9,18H2/t22-/m1/s1. The van der Waals surface area contributed by atoms with Crippen molar-refractivity contribution in [2.24, 2.45) is 0 Å². The summed E-state index contributed by atoms with van der Waals surface area (Å²) in [5.74, 6) is 0. The number of aryl methyl sites for hydroxylation is 2. The highest BCUT2D eigenvalue weighted by atomic mass is 32.2. The summed E-state index contributed by atoms with van der Waals surface area (Å²) in [5, 5.41) is 0.963. The van der Waals surface area contributed by atoms with Crippen LogP contribution in [0.4, 0.5) is 5.69 Å². The quantitative estimate of drug-likeness (QED) is 0.775. The van der Waals surface area contributed by atoms with Gasteiger partial charge in [0.15, 0.2) is 0 Å². The van der Waals surface area contributed by atoms with Gasteiger partial charge in [0.1, 0.15) is 9.04 Å². The van der Waals surface area contributed by atoms with E-state index in [-0.39, 0.29) is 0 Å². The van der Waals surface area contributed by atoms with E-state index in [1.165, 1.54) is 35.4 Å². The summed E-state index contributed by atoms with van der Waals surface area (Å²) >= 11 is 1.46. The number of nitrogens with two attached hydrogens (primary N) is 1. The lowest BCUT2D eigenvalue weighted by Gasteiger charge is -2.14. The SMILES string of the molecule is Nc1c([S@](=O)c2ccccc2)sc2nc3c(cc12)CCCC3. The molecule has 5 heteroatoms. The lowest BCUT2D eigenvalue weighted by Crippen LogP contribution is -2.04. The minimum atomic E-state index is -1.24. The van der Waals surface area contributed by atoms with Crippen molar-refractivity contribution >= 4 is 38.0 Å². The minimum absolute atomic E-state index is 0.628. The third-order valence-corrected chi connectivity index (χ3v) is 6.96. The zero-order valence-corrected chi connectivity index (χ0v) is 13.7. The molecule has 0 bridgehead atoms. The fourth-order valence-corrected chi connectivity index (χ4v) is 5.51. The van der Waals surface area contributed by atoms with Crippen LogP contribution < -0.4 is 5.73 Å². The third kappa shape index (κ3) is 2.25. The predicted molar refractivity (Wildman–Crippen MR) is 91.8 cm³/mol. The van der Waals surface area contributed by atoms with E-state index in [9.17, 15) is 4.21 Å². The monoisotopic (exact) mass is 328 g/mol. The molecule has 4 rings (SSSR count). The number of hydrogen-bond acceptors (Lipinski definition) is 4. The van der Waals surface area contributed by atoms with E-state index in [4.69, 9.17) is 10.7 Å². The van der Waals surface area contributed by atoms with Gasteiger partial charge in [0.2, 0.25) is 0 Å². The first-order chi connectivity index (χ1) is 10.7. The maximum atomic E-state index is 12.8. The van der Waals surface area contributed by atoms with Gasteiger partial charge < -0.3 is 5.73 Å². The topological polar surface area (TPSA) is 56.0 Å². The van der Waals surface area contributed by atoms with Crippen LogP contribution in [-0.4, -0.2) is 9.19 Å². The Kier molecular flexibility index (Phi) is 3.47. The molecule has 1 aromatic carbocycles. The Hall–Kier alpha value is -1.72. The molecule has 3 nitrogen and oxygen atoms in total. The first-order valence-electron chi connectivity index (χ1n) is 7.41. The molecule has 0 saturated carbocycles. The number of hydrogen-bond donors (Lipinski definition) is 1. The maximum absolute atomic E-state index is 12.8. The number of benzene rings is 1. The maximum Gasteiger partial charge on any atom is 0.126 e. The molecule has 1 aliphatic carbocycles. The second-order valence-corrected chi connectivity index (χ2v) is 8.21. The van der Waals surface area contributed by atoms with Crippen LogP contribution in [0.15, 0.2) is 45.5 Å². The van der Waals surface area contributed by atoms with Gasteiger partial charge in [-0.05, 0) is 49.4 Å². The molecule has 0 saturated heterocycles. The molecule has 0 aliphatic heterocycles. The van der Waals surface area contributed by atoms with Gasteiger partial charge in [-0.15, -0.1) is 11.3 Å². The van der Waals surface area contributed by atoms with Crippen LogP contribution in [0.5, 0.6) is 0 Å². The molecule has 0 fully saturated rings. The van der Waals surface area contributed by atoms with Gasteiger partial charge in [-0.2, -0.15) is 0 Å². The predicted octanol–water partition coefficient (Wildman–Crippen LogP) is 3.92. The summed E-state index contributed by atoms with van der Waals surface area (Å²) in [7, 11) is -1.24. The van der Waals surface area contributed by atoms with Crippen LogP contribution in [0.2, 0.25) is 0 Å². The summed E-state index contributed by atoms with van der Waals surface area (Å²) in [4.78, 5) is 6.47. The number of aromatic nitrogens is 1. The van der Waals surface area contributed by atoms with E-state index in [0.29, 0.717) is 5.69 Å². The van der Waals surface area contributed by atoms with Gasteiger partial charge in [0.25, 0.3) is 0 Å². The molecule has 2 aromatic heterocycles. The highest BCUT2D eigenvalue weighted by molar-refractivity contribution is 7.87. The molecule has 112 valence electrons. The summed E-state index contributed by atoms with van der Waals surface area (Å²) in [6.07, 6.45) is 4.53. The minimum Gasteiger partial charge on any atom is -0.396 e. The van der Waals surface area contributed by atoms with E-state index in [2.05, 4.69) is 6.07 Å². The van der Waals surface area contributed by atoms with E-state index in [1.54, 1.807) is 0 Å². The summed E-state index contributed by atoms with van der Waals surface area (Å²) < 4.78 is 13.5. The zero-order chi connectivity index (χ0) is 15.1. The molecule has 0 unspecified atom stereocenters. The molecule has 2 N–H and O–H groups in total. The molecular formula is C17H16N2OS2. The van der Waals surface area contributed by atoms with Crippen molar-refractivity contribution in [3.8, 4) is 0 Å². The van der Waals surface area contributed by atoms with Gasteiger partial charge >= 0.3 is 0 Å². The second-order valence-electron chi connectivity index (χ2n) is 5.54. The fourth-order valence-electron chi connectivity index (χ4n) is 2.93. The van der Waals surface area contributed by atoms with Crippen molar-refractivity contribution in [2.75, 3.05) is 5.73 Å². The number of pyridine rings is 1. The second kappa shape index (κ2) is 5.48. The van der Waals surface area contributed by atoms with Gasteiger partial charge in [-0.25, -0.2) is 9.19 Å². The lowest BCUT2D eigenvalue weighted by molar-refractivity contribution is 0.672. The Morgan fingerprint density at radius 3 is 2.73 bits per heavy atom. The average molecular weight is 328 g/mol. The van der Waals surface area contributed by atoms with Crippen LogP contribution in [0.25, 0.3) is 10.2 Å². The summed E-state index contributed by atoms with van der Waals surface area (Å²) in [6, 6.07) is 11.6. The van der Waals surface area contributed by atoms with Crippen LogP contribution in [0.1, 0.15) is 24.1 Å². The normalized spacial score (nSPS) is 15.6. The molecule has 1 aliphatic rings. The van der Waals surface area contributed by atoms with Crippen LogP contribution in [0, 0.1) is 0 Å². The number of thiophene rings is 1. The molecule has 0 radical (unpaired) electrons. The van der Waals surface area contributed by atoms with Crippen molar-refractivity contribution in [2.45, 2.75) is 34.8 Å². The van der Waals surface area contributed by atoms with Gasteiger partial charge in [0.05, 0.1) is 16.5 Å². The Labute approximate surface area is 135 Å². The highest BCUT2D eigenvalue weighted by Crippen LogP contribution is 2.38. The number of nitrogen functional groups attached to an aromatic ring is 1. The largest absolute Gasteiger partial charge is 0.396 e. The van der Waals surface area contributed by atoms with Gasteiger partial charge in [0, 0.05) is 16.0 Å². The van der Waals surface area contributed by atoms with Crippen molar-refractivity contribution in [3.05, 3.63) is 47.7 Å². The lowest BCUT2D eigenvalue weighted by atomic mass is 9.95. The zero-order valence-electron chi connectivity index (χ0n) is 12.0. The first-order valence-corrected chi connectivity index (χ1v) is 9.38. The molecule has 1 atom stereocenters. The Bertz CT molecular complexity index is 871. The van der Waals surface area contributed by atoms with E-state index < -0.39 is 10.8 Å². The molecular weight excluding hydrogens is 312 g/mol. The third-order valence-electron chi connectivity index (χ3n) is 4.09. The molecule has 22 heavy (non-hydrogen) atoms. The van der Waals surface area contributed by atoms with Gasteiger partial charge in [-0.1, -0.05) is 18.2 Å². The number of nitrogens with zero attached hydrogens (tertiary/aromatic N) is 1. The summed E-state index contributed by atoms with van der Waals surface area (Å²) in [5.41, 5.74) is 9.41. The van der Waals surface area contributed by atoms with E-state index >= 15 is 0 Å². The fraction of sp³-hybridized carbons (Fsp3) is 0.235. The van der Waals surface area contributed by atoms with Crippen molar-refractivity contribution in [1.29, 1.82) is 0 Å². The number of anilines is 1. The molecule has 2 heterocycles. The van der Waals surface area contributed by atoms with Gasteiger partial charge in [-0.3, -0.25) is 0 Å². The Morgan fingerprint density at radius 2 is 1.91 bits per heavy atom. The number of rotatable bonds is 2. The van der Waals surface area contributed by atoms with Crippen molar-refractivity contribution in [3.63, 3.8) is 0 Å². The van der Waals surface area contributed by atoms with Crippen LogP contribution >= 0.6 is 11.3 Å².